The number of hydrogen-bond acceptors (Lipinski definition) is 7. The zero-order chi connectivity index (χ0) is 23.6. The molecule has 0 aliphatic heterocycles. The molecule has 0 radical (unpaired) electrons. The Labute approximate surface area is 187 Å². The average molecular weight is 436 g/mol. The number of carbonyl (C=O) groups excluding carboxylic acids is 1. The Bertz CT molecular complexity index is 1140. The van der Waals surface area contributed by atoms with Gasteiger partial charge < -0.3 is 10.3 Å². The molecule has 3 aromatic rings. The Kier molecular flexibility index (Phi) is 6.35. The summed E-state index contributed by atoms with van der Waals surface area (Å²) in [6.45, 7) is 12.0. The van der Waals surface area contributed by atoms with E-state index in [4.69, 9.17) is 10.3 Å². The SMILES string of the molecule is CC(C(=O)Nc1cc(CC(C)(C)C)no1)c1ccc(-c2nn(C(C)C)c(N)c2C#N)nc1. The Balaban J connectivity index is 1.74. The molecule has 32 heavy (non-hydrogen) atoms. The summed E-state index contributed by atoms with van der Waals surface area (Å²) in [6, 6.07) is 7.40. The summed E-state index contributed by atoms with van der Waals surface area (Å²) < 4.78 is 6.85. The largest absolute Gasteiger partial charge is 0.383 e. The number of nitrogens with one attached hydrogen (secondary N) is 1. The lowest BCUT2D eigenvalue weighted by Crippen LogP contribution is -2.18. The molecule has 0 aliphatic carbocycles. The molecule has 0 bridgehead atoms. The van der Waals surface area contributed by atoms with Crippen molar-refractivity contribution in [2.45, 2.75) is 59.9 Å². The zero-order valence-electron chi connectivity index (χ0n) is 19.3. The molecule has 0 fully saturated rings. The molecular weight excluding hydrogens is 406 g/mol. The smallest absolute Gasteiger partial charge is 0.234 e. The van der Waals surface area contributed by atoms with Crippen molar-refractivity contribution in [2.24, 2.45) is 5.41 Å². The van der Waals surface area contributed by atoms with Gasteiger partial charge in [0.25, 0.3) is 0 Å². The number of hydrogen-bond donors (Lipinski definition) is 2. The van der Waals surface area contributed by atoms with Crippen LogP contribution in [0.2, 0.25) is 0 Å². The summed E-state index contributed by atoms with van der Waals surface area (Å²) in [6.07, 6.45) is 2.35. The van der Waals surface area contributed by atoms with Gasteiger partial charge in [-0.05, 0) is 44.2 Å². The average Bonchev–Trinajstić information content (AvgIpc) is 3.29. The molecule has 3 N–H and O–H groups in total. The van der Waals surface area contributed by atoms with Gasteiger partial charge in [0, 0.05) is 18.3 Å². The van der Waals surface area contributed by atoms with Crippen LogP contribution in [0.15, 0.2) is 28.9 Å². The first-order valence-corrected chi connectivity index (χ1v) is 10.5. The topological polar surface area (TPSA) is 136 Å². The summed E-state index contributed by atoms with van der Waals surface area (Å²) in [4.78, 5) is 17.1. The van der Waals surface area contributed by atoms with Crippen molar-refractivity contribution in [2.75, 3.05) is 11.1 Å². The van der Waals surface area contributed by atoms with Crippen LogP contribution in [0.5, 0.6) is 0 Å². The quantitative estimate of drug-likeness (QED) is 0.589. The number of carbonyl (C=O) groups is 1. The Morgan fingerprint density at radius 1 is 1.31 bits per heavy atom. The molecular formula is C23H29N7O2. The maximum absolute atomic E-state index is 12.7. The molecule has 1 amide bonds. The Morgan fingerprint density at radius 2 is 2.03 bits per heavy atom. The minimum atomic E-state index is -0.471. The highest BCUT2D eigenvalue weighted by Gasteiger charge is 2.22. The Morgan fingerprint density at radius 3 is 2.59 bits per heavy atom. The first kappa shape index (κ1) is 23.0. The summed E-state index contributed by atoms with van der Waals surface area (Å²) >= 11 is 0. The maximum atomic E-state index is 12.7. The van der Waals surface area contributed by atoms with Crippen molar-refractivity contribution in [3.05, 3.63) is 41.2 Å². The highest BCUT2D eigenvalue weighted by Crippen LogP contribution is 2.28. The van der Waals surface area contributed by atoms with E-state index in [-0.39, 0.29) is 17.4 Å². The van der Waals surface area contributed by atoms with Gasteiger partial charge in [0.2, 0.25) is 11.8 Å². The van der Waals surface area contributed by atoms with Gasteiger partial charge >= 0.3 is 0 Å². The molecule has 0 saturated carbocycles. The number of amides is 1. The summed E-state index contributed by atoms with van der Waals surface area (Å²) in [5.74, 6) is -0.0708. The van der Waals surface area contributed by atoms with Crippen molar-refractivity contribution in [1.29, 1.82) is 5.26 Å². The molecule has 1 atom stereocenters. The van der Waals surface area contributed by atoms with Crippen LogP contribution in [-0.2, 0) is 11.2 Å². The van der Waals surface area contributed by atoms with Crippen LogP contribution in [0.3, 0.4) is 0 Å². The van der Waals surface area contributed by atoms with Gasteiger partial charge in [-0.25, -0.2) is 4.68 Å². The molecule has 0 spiro atoms. The second-order valence-corrected chi connectivity index (χ2v) is 9.37. The third kappa shape index (κ3) is 4.97. The molecule has 0 aliphatic rings. The normalized spacial score (nSPS) is 12.6. The van der Waals surface area contributed by atoms with E-state index in [0.717, 1.165) is 17.7 Å². The molecule has 168 valence electrons. The van der Waals surface area contributed by atoms with E-state index in [1.54, 1.807) is 36.0 Å². The fraction of sp³-hybridized carbons (Fsp3) is 0.435. The third-order valence-corrected chi connectivity index (χ3v) is 4.99. The van der Waals surface area contributed by atoms with E-state index in [0.29, 0.717) is 28.7 Å². The molecule has 0 saturated heterocycles. The van der Waals surface area contributed by atoms with Crippen LogP contribution in [0.25, 0.3) is 11.4 Å². The van der Waals surface area contributed by atoms with E-state index >= 15 is 0 Å². The van der Waals surface area contributed by atoms with Crippen molar-refractivity contribution in [3.8, 4) is 17.5 Å². The van der Waals surface area contributed by atoms with Crippen molar-refractivity contribution < 1.29 is 9.32 Å². The van der Waals surface area contributed by atoms with E-state index in [1.165, 1.54) is 0 Å². The second-order valence-electron chi connectivity index (χ2n) is 9.37. The highest BCUT2D eigenvalue weighted by molar-refractivity contribution is 5.94. The minimum Gasteiger partial charge on any atom is -0.383 e. The van der Waals surface area contributed by atoms with Crippen LogP contribution < -0.4 is 11.1 Å². The summed E-state index contributed by atoms with van der Waals surface area (Å²) in [5, 5.41) is 20.7. The number of aromatic nitrogens is 4. The van der Waals surface area contributed by atoms with Gasteiger partial charge in [-0.15, -0.1) is 0 Å². The fourth-order valence-electron chi connectivity index (χ4n) is 3.31. The van der Waals surface area contributed by atoms with Crippen LogP contribution in [0, 0.1) is 16.7 Å². The van der Waals surface area contributed by atoms with Crippen molar-refractivity contribution >= 4 is 17.6 Å². The summed E-state index contributed by atoms with van der Waals surface area (Å²) in [7, 11) is 0. The van der Waals surface area contributed by atoms with Crippen molar-refractivity contribution in [1.82, 2.24) is 19.9 Å². The lowest BCUT2D eigenvalue weighted by atomic mass is 9.91. The number of nitrogen functional groups attached to an aromatic ring is 1. The first-order valence-electron chi connectivity index (χ1n) is 10.5. The molecule has 3 aromatic heterocycles. The summed E-state index contributed by atoms with van der Waals surface area (Å²) in [5.41, 5.74) is 8.88. The number of nitriles is 1. The standard InChI is InChI=1S/C23H29N7O2/c1-13(2)30-21(25)17(11-24)20(28-30)18-8-7-15(12-26-18)14(3)22(31)27-19-9-16(29-32-19)10-23(4,5)6/h7-9,12-14H,10,25H2,1-6H3,(H,27,31). The first-order chi connectivity index (χ1) is 15.0. The molecule has 9 heteroatoms. The third-order valence-electron chi connectivity index (χ3n) is 4.99. The van der Waals surface area contributed by atoms with Gasteiger partial charge in [0.15, 0.2) is 0 Å². The van der Waals surface area contributed by atoms with E-state index in [9.17, 15) is 10.1 Å². The predicted octanol–water partition coefficient (Wildman–Crippen LogP) is 4.30. The van der Waals surface area contributed by atoms with E-state index in [2.05, 4.69) is 47.4 Å². The van der Waals surface area contributed by atoms with Gasteiger partial charge in [-0.3, -0.25) is 15.1 Å². The zero-order valence-corrected chi connectivity index (χ0v) is 19.3. The van der Waals surface area contributed by atoms with Crippen molar-refractivity contribution in [3.63, 3.8) is 0 Å². The molecule has 3 rings (SSSR count). The van der Waals surface area contributed by atoms with Crippen LogP contribution in [0.1, 0.15) is 70.3 Å². The number of nitrogens with two attached hydrogens (primary N) is 1. The number of anilines is 2. The van der Waals surface area contributed by atoms with E-state index in [1.807, 2.05) is 13.8 Å². The molecule has 9 nitrogen and oxygen atoms in total. The second kappa shape index (κ2) is 8.83. The van der Waals surface area contributed by atoms with Gasteiger partial charge in [0.05, 0.1) is 17.3 Å². The fourth-order valence-corrected chi connectivity index (χ4v) is 3.31. The number of pyridine rings is 1. The predicted molar refractivity (Wildman–Crippen MR) is 122 cm³/mol. The molecule has 1 unspecified atom stereocenters. The van der Waals surface area contributed by atoms with Crippen LogP contribution in [0.4, 0.5) is 11.7 Å². The molecule has 0 aromatic carbocycles. The number of nitrogens with zero attached hydrogens (tertiary/aromatic N) is 5. The Hall–Kier alpha value is -3.67. The van der Waals surface area contributed by atoms with Gasteiger partial charge in [0.1, 0.15) is 23.1 Å². The minimum absolute atomic E-state index is 0.0128. The van der Waals surface area contributed by atoms with Crippen LogP contribution in [-0.4, -0.2) is 25.8 Å². The lowest BCUT2D eigenvalue weighted by Gasteiger charge is -2.15. The maximum Gasteiger partial charge on any atom is 0.234 e. The number of rotatable bonds is 6. The highest BCUT2D eigenvalue weighted by atomic mass is 16.5. The van der Waals surface area contributed by atoms with E-state index < -0.39 is 5.92 Å². The molecule has 3 heterocycles. The van der Waals surface area contributed by atoms with Gasteiger partial charge in [-0.1, -0.05) is 32.0 Å². The van der Waals surface area contributed by atoms with Crippen LogP contribution >= 0.6 is 0 Å². The lowest BCUT2D eigenvalue weighted by molar-refractivity contribution is -0.117. The monoisotopic (exact) mass is 435 g/mol. The van der Waals surface area contributed by atoms with Gasteiger partial charge in [-0.2, -0.15) is 10.4 Å².